The molecule has 2 fully saturated rings. The maximum absolute atomic E-state index is 11.8. The van der Waals surface area contributed by atoms with Crippen LogP contribution >= 0.6 is 0 Å². The van der Waals surface area contributed by atoms with Gasteiger partial charge in [-0.15, -0.1) is 0 Å². The summed E-state index contributed by atoms with van der Waals surface area (Å²) >= 11 is 0. The Kier molecular flexibility index (Phi) is 7.93. The van der Waals surface area contributed by atoms with Gasteiger partial charge in [-0.2, -0.15) is 0 Å². The summed E-state index contributed by atoms with van der Waals surface area (Å²) < 4.78 is 5.61. The minimum absolute atomic E-state index is 0.115. The predicted octanol–water partition coefficient (Wildman–Crippen LogP) is 4.23. The quantitative estimate of drug-likeness (QED) is 0.682. The lowest BCUT2D eigenvalue weighted by Gasteiger charge is -2.37. The minimum atomic E-state index is -0.115. The highest BCUT2D eigenvalue weighted by Gasteiger charge is 2.31. The van der Waals surface area contributed by atoms with Crippen molar-refractivity contribution in [2.24, 2.45) is 29.2 Å². The Bertz CT molecular complexity index is 402. The van der Waals surface area contributed by atoms with Gasteiger partial charge in [0.1, 0.15) is 6.10 Å². The summed E-state index contributed by atoms with van der Waals surface area (Å²) in [5.41, 5.74) is 10.7. The monoisotopic (exact) mass is 336 g/mol. The lowest BCUT2D eigenvalue weighted by Crippen LogP contribution is -2.29. The molecule has 0 saturated heterocycles. The minimum Gasteiger partial charge on any atom is -0.462 e. The van der Waals surface area contributed by atoms with Crippen molar-refractivity contribution in [3.05, 3.63) is 11.9 Å². The maximum Gasteiger partial charge on any atom is 0.306 e. The summed E-state index contributed by atoms with van der Waals surface area (Å²) in [5, 5.41) is 0. The van der Waals surface area contributed by atoms with Gasteiger partial charge < -0.3 is 16.2 Å². The van der Waals surface area contributed by atoms with Crippen molar-refractivity contribution in [1.29, 1.82) is 0 Å². The second-order valence-electron chi connectivity index (χ2n) is 7.84. The molecule has 24 heavy (non-hydrogen) atoms. The summed E-state index contributed by atoms with van der Waals surface area (Å²) in [6, 6.07) is 0. The molecule has 0 bridgehead atoms. The molecule has 0 unspecified atom stereocenters. The Morgan fingerprint density at radius 2 is 1.58 bits per heavy atom. The average molecular weight is 337 g/mol. The standard InChI is InChI=1S/C20H36N2O2/c1-2-4-15-7-9-16(10-8-15)17-11-13-18(14-12-17)24-20(23)6-3-5-19(21)22/h5,15-18H,2-4,6-14,21-22H2,1H3. The zero-order chi connectivity index (χ0) is 17.4. The van der Waals surface area contributed by atoms with Crippen LogP contribution < -0.4 is 11.5 Å². The van der Waals surface area contributed by atoms with Crippen molar-refractivity contribution in [2.45, 2.75) is 90.1 Å². The Morgan fingerprint density at radius 1 is 1.00 bits per heavy atom. The van der Waals surface area contributed by atoms with E-state index in [1.165, 1.54) is 51.4 Å². The van der Waals surface area contributed by atoms with E-state index >= 15 is 0 Å². The Labute approximate surface area is 147 Å². The molecule has 0 aromatic heterocycles. The first-order valence-corrected chi connectivity index (χ1v) is 9.99. The van der Waals surface area contributed by atoms with Crippen LogP contribution in [0.5, 0.6) is 0 Å². The normalized spacial score (nSPS) is 30.5. The second kappa shape index (κ2) is 9.95. The van der Waals surface area contributed by atoms with E-state index in [1.807, 2.05) is 0 Å². The molecule has 0 amide bonds. The molecule has 4 heteroatoms. The van der Waals surface area contributed by atoms with Gasteiger partial charge >= 0.3 is 5.97 Å². The van der Waals surface area contributed by atoms with Crippen molar-refractivity contribution < 1.29 is 9.53 Å². The van der Waals surface area contributed by atoms with Crippen LogP contribution in [0.15, 0.2) is 11.9 Å². The largest absolute Gasteiger partial charge is 0.462 e. The first kappa shape index (κ1) is 19.1. The van der Waals surface area contributed by atoms with Crippen LogP contribution in [0.1, 0.15) is 84.0 Å². The van der Waals surface area contributed by atoms with Gasteiger partial charge in [0.2, 0.25) is 0 Å². The van der Waals surface area contributed by atoms with Crippen molar-refractivity contribution >= 4 is 5.97 Å². The van der Waals surface area contributed by atoms with Crippen LogP contribution in [0.25, 0.3) is 0 Å². The van der Waals surface area contributed by atoms with Gasteiger partial charge in [-0.3, -0.25) is 4.79 Å². The Hall–Kier alpha value is -1.19. The molecule has 2 aliphatic rings. The predicted molar refractivity (Wildman–Crippen MR) is 97.9 cm³/mol. The third kappa shape index (κ3) is 6.37. The summed E-state index contributed by atoms with van der Waals surface area (Å²) in [4.78, 5) is 11.8. The van der Waals surface area contributed by atoms with E-state index in [2.05, 4.69) is 6.92 Å². The zero-order valence-corrected chi connectivity index (χ0v) is 15.3. The van der Waals surface area contributed by atoms with E-state index in [-0.39, 0.29) is 17.9 Å². The van der Waals surface area contributed by atoms with Crippen molar-refractivity contribution in [1.82, 2.24) is 0 Å². The topological polar surface area (TPSA) is 78.3 Å². The molecule has 0 spiro atoms. The van der Waals surface area contributed by atoms with Gasteiger partial charge in [0.15, 0.2) is 0 Å². The van der Waals surface area contributed by atoms with Crippen LogP contribution in [-0.4, -0.2) is 12.1 Å². The number of nitrogens with two attached hydrogens (primary N) is 2. The molecule has 0 aromatic carbocycles. The fraction of sp³-hybridized carbons (Fsp3) is 0.850. The number of rotatable bonds is 7. The first-order chi connectivity index (χ1) is 11.6. The fourth-order valence-electron chi connectivity index (χ4n) is 4.64. The number of esters is 1. The smallest absolute Gasteiger partial charge is 0.306 e. The molecule has 2 rings (SSSR count). The Morgan fingerprint density at radius 3 is 2.12 bits per heavy atom. The molecule has 0 radical (unpaired) electrons. The molecule has 0 aromatic rings. The van der Waals surface area contributed by atoms with Gasteiger partial charge in [-0.05, 0) is 68.8 Å². The molecule has 0 aliphatic heterocycles. The van der Waals surface area contributed by atoms with E-state index in [1.54, 1.807) is 6.08 Å². The molecule has 4 nitrogen and oxygen atoms in total. The summed E-state index contributed by atoms with van der Waals surface area (Å²) in [5.74, 6) is 2.93. The van der Waals surface area contributed by atoms with E-state index in [9.17, 15) is 4.79 Å². The van der Waals surface area contributed by atoms with Crippen molar-refractivity contribution in [3.8, 4) is 0 Å². The fourth-order valence-corrected chi connectivity index (χ4v) is 4.64. The lowest BCUT2D eigenvalue weighted by molar-refractivity contribution is -0.151. The van der Waals surface area contributed by atoms with Gasteiger partial charge in [-0.1, -0.05) is 32.6 Å². The van der Waals surface area contributed by atoms with E-state index in [0.29, 0.717) is 12.8 Å². The van der Waals surface area contributed by atoms with E-state index < -0.39 is 0 Å². The van der Waals surface area contributed by atoms with Crippen molar-refractivity contribution in [2.75, 3.05) is 0 Å². The van der Waals surface area contributed by atoms with Gasteiger partial charge in [0.05, 0.1) is 5.82 Å². The third-order valence-electron chi connectivity index (χ3n) is 6.00. The highest BCUT2D eigenvalue weighted by atomic mass is 16.5. The second-order valence-corrected chi connectivity index (χ2v) is 7.84. The number of carbonyl (C=O) groups excluding carboxylic acids is 1. The molecule has 0 atom stereocenters. The van der Waals surface area contributed by atoms with Gasteiger partial charge in [-0.25, -0.2) is 0 Å². The highest BCUT2D eigenvalue weighted by molar-refractivity contribution is 5.69. The zero-order valence-electron chi connectivity index (χ0n) is 15.3. The molecule has 138 valence electrons. The maximum atomic E-state index is 11.8. The van der Waals surface area contributed by atoms with Crippen molar-refractivity contribution in [3.63, 3.8) is 0 Å². The molecule has 2 saturated carbocycles. The first-order valence-electron chi connectivity index (χ1n) is 9.99. The van der Waals surface area contributed by atoms with Gasteiger partial charge in [0, 0.05) is 6.42 Å². The van der Waals surface area contributed by atoms with E-state index in [4.69, 9.17) is 16.2 Å². The SMILES string of the molecule is CCCC1CCC(C2CCC(OC(=O)CCC=C(N)N)CC2)CC1. The number of hydrogen-bond acceptors (Lipinski definition) is 4. The molecule has 4 N–H and O–H groups in total. The summed E-state index contributed by atoms with van der Waals surface area (Å²) in [7, 11) is 0. The van der Waals surface area contributed by atoms with Crippen LogP contribution in [-0.2, 0) is 9.53 Å². The highest BCUT2D eigenvalue weighted by Crippen LogP contribution is 2.41. The number of carbonyl (C=O) groups is 1. The molecular weight excluding hydrogens is 300 g/mol. The third-order valence-corrected chi connectivity index (χ3v) is 6.00. The summed E-state index contributed by atoms with van der Waals surface area (Å²) in [6.07, 6.45) is 15.8. The van der Waals surface area contributed by atoms with Crippen LogP contribution in [0.2, 0.25) is 0 Å². The van der Waals surface area contributed by atoms with Gasteiger partial charge in [0.25, 0.3) is 0 Å². The lowest BCUT2D eigenvalue weighted by atomic mass is 9.70. The van der Waals surface area contributed by atoms with Crippen LogP contribution in [0.4, 0.5) is 0 Å². The average Bonchev–Trinajstić information content (AvgIpc) is 2.56. The van der Waals surface area contributed by atoms with E-state index in [0.717, 1.165) is 30.6 Å². The molecular formula is C20H36N2O2. The van der Waals surface area contributed by atoms with Crippen LogP contribution in [0.3, 0.4) is 0 Å². The Balaban J connectivity index is 1.63. The molecule has 0 heterocycles. The molecule has 2 aliphatic carbocycles. The number of hydrogen-bond donors (Lipinski definition) is 2. The number of allylic oxidation sites excluding steroid dienone is 1. The number of ether oxygens (including phenoxy) is 1. The van der Waals surface area contributed by atoms with Crippen LogP contribution in [0, 0.1) is 17.8 Å². The summed E-state index contributed by atoms with van der Waals surface area (Å²) in [6.45, 7) is 2.30.